The predicted octanol–water partition coefficient (Wildman–Crippen LogP) is 2.16. The molecule has 0 aromatic heterocycles. The summed E-state index contributed by atoms with van der Waals surface area (Å²) in [5.74, 6) is 0.244. The third kappa shape index (κ3) is 3.32. The second kappa shape index (κ2) is 6.01. The summed E-state index contributed by atoms with van der Waals surface area (Å²) >= 11 is 3.35. The van der Waals surface area contributed by atoms with E-state index in [1.807, 2.05) is 32.0 Å². The number of nitrogens with two attached hydrogens (primary N) is 1. The van der Waals surface area contributed by atoms with Crippen LogP contribution in [0.15, 0.2) is 28.7 Å². The van der Waals surface area contributed by atoms with Crippen molar-refractivity contribution in [3.63, 3.8) is 0 Å². The van der Waals surface area contributed by atoms with Crippen LogP contribution < -0.4 is 11.1 Å². The smallest absolute Gasteiger partial charge is 0.252 e. The lowest BCUT2D eigenvalue weighted by Crippen LogP contribution is -2.43. The van der Waals surface area contributed by atoms with Crippen molar-refractivity contribution < 1.29 is 4.79 Å². The summed E-state index contributed by atoms with van der Waals surface area (Å²) in [5, 5.41) is 2.93. The first kappa shape index (κ1) is 13.2. The van der Waals surface area contributed by atoms with Crippen molar-refractivity contribution in [2.45, 2.75) is 19.9 Å². The molecule has 0 bridgehead atoms. The third-order valence-corrected chi connectivity index (χ3v) is 3.19. The molecule has 1 aromatic rings. The van der Waals surface area contributed by atoms with Gasteiger partial charge in [-0.1, -0.05) is 26.0 Å². The fourth-order valence-corrected chi connectivity index (χ4v) is 1.85. The molecule has 0 fully saturated rings. The third-order valence-electron chi connectivity index (χ3n) is 2.49. The quantitative estimate of drug-likeness (QED) is 0.890. The van der Waals surface area contributed by atoms with E-state index in [1.54, 1.807) is 6.07 Å². The van der Waals surface area contributed by atoms with Crippen molar-refractivity contribution in [1.82, 2.24) is 5.32 Å². The molecule has 0 saturated heterocycles. The van der Waals surface area contributed by atoms with E-state index < -0.39 is 0 Å². The number of halogens is 1. The lowest BCUT2D eigenvalue weighted by atomic mass is 10.0. The molecule has 3 nitrogen and oxygen atoms in total. The fourth-order valence-electron chi connectivity index (χ4n) is 1.39. The Kier molecular flexibility index (Phi) is 4.96. The molecule has 16 heavy (non-hydrogen) atoms. The predicted molar refractivity (Wildman–Crippen MR) is 69.3 cm³/mol. The zero-order valence-electron chi connectivity index (χ0n) is 9.53. The van der Waals surface area contributed by atoms with Gasteiger partial charge in [-0.2, -0.15) is 0 Å². The number of rotatable bonds is 4. The number of hydrogen-bond acceptors (Lipinski definition) is 2. The Balaban J connectivity index is 2.76. The van der Waals surface area contributed by atoms with Gasteiger partial charge in [0.25, 0.3) is 5.91 Å². The number of nitrogens with one attached hydrogen (secondary N) is 1. The number of carbonyl (C=O) groups is 1. The SMILES string of the molecule is CC(C)C(CN)NC(=O)c1ccccc1Br. The number of amides is 1. The molecule has 1 unspecified atom stereocenters. The minimum absolute atomic E-state index is 0.0135. The summed E-state index contributed by atoms with van der Waals surface area (Å²) in [6, 6.07) is 7.37. The monoisotopic (exact) mass is 284 g/mol. The molecule has 1 rings (SSSR count). The molecular formula is C12H17BrN2O. The molecule has 0 radical (unpaired) electrons. The molecule has 88 valence electrons. The van der Waals surface area contributed by atoms with Gasteiger partial charge in [-0.25, -0.2) is 0 Å². The zero-order valence-corrected chi connectivity index (χ0v) is 11.1. The molecule has 3 N–H and O–H groups in total. The van der Waals surface area contributed by atoms with E-state index in [-0.39, 0.29) is 11.9 Å². The van der Waals surface area contributed by atoms with Crippen molar-refractivity contribution in [2.75, 3.05) is 6.54 Å². The van der Waals surface area contributed by atoms with Crippen molar-refractivity contribution in [3.05, 3.63) is 34.3 Å². The Bertz CT molecular complexity index is 366. The van der Waals surface area contributed by atoms with Crippen molar-refractivity contribution in [2.24, 2.45) is 11.7 Å². The molecule has 0 aliphatic rings. The molecule has 0 heterocycles. The summed E-state index contributed by atoms with van der Waals surface area (Å²) < 4.78 is 0.798. The van der Waals surface area contributed by atoms with Gasteiger partial charge in [-0.3, -0.25) is 4.79 Å². The molecule has 0 aliphatic heterocycles. The van der Waals surface area contributed by atoms with Gasteiger partial charge in [0.05, 0.1) is 5.56 Å². The molecule has 0 saturated carbocycles. The summed E-state index contributed by atoms with van der Waals surface area (Å²) in [4.78, 5) is 11.9. The van der Waals surface area contributed by atoms with Crippen LogP contribution >= 0.6 is 15.9 Å². The van der Waals surface area contributed by atoms with Crippen molar-refractivity contribution in [1.29, 1.82) is 0 Å². The molecule has 0 spiro atoms. The van der Waals surface area contributed by atoms with Crippen LogP contribution in [-0.4, -0.2) is 18.5 Å². The van der Waals surface area contributed by atoms with Crippen LogP contribution in [-0.2, 0) is 0 Å². The van der Waals surface area contributed by atoms with Gasteiger partial charge >= 0.3 is 0 Å². The van der Waals surface area contributed by atoms with Gasteiger partial charge in [0, 0.05) is 17.1 Å². The molecule has 1 atom stereocenters. The Labute approximate surface area is 105 Å². The van der Waals surface area contributed by atoms with Gasteiger partial charge in [0.2, 0.25) is 0 Å². The van der Waals surface area contributed by atoms with Crippen molar-refractivity contribution in [3.8, 4) is 0 Å². The van der Waals surface area contributed by atoms with E-state index in [4.69, 9.17) is 5.73 Å². The number of carbonyl (C=O) groups excluding carboxylic acids is 1. The first-order chi connectivity index (χ1) is 7.56. The number of hydrogen-bond donors (Lipinski definition) is 2. The fraction of sp³-hybridized carbons (Fsp3) is 0.417. The van der Waals surface area contributed by atoms with Crippen LogP contribution in [0.4, 0.5) is 0 Å². The van der Waals surface area contributed by atoms with Crippen molar-refractivity contribution >= 4 is 21.8 Å². The molecule has 0 aliphatic carbocycles. The molecule has 1 aromatic carbocycles. The van der Waals surface area contributed by atoms with Gasteiger partial charge in [0.15, 0.2) is 0 Å². The van der Waals surface area contributed by atoms with Crippen LogP contribution in [0.1, 0.15) is 24.2 Å². The first-order valence-corrected chi connectivity index (χ1v) is 6.11. The topological polar surface area (TPSA) is 55.1 Å². The van der Waals surface area contributed by atoms with E-state index in [2.05, 4.69) is 21.2 Å². The maximum absolute atomic E-state index is 11.9. The average Bonchev–Trinajstić information content (AvgIpc) is 2.25. The highest BCUT2D eigenvalue weighted by Crippen LogP contribution is 2.16. The van der Waals surface area contributed by atoms with E-state index in [1.165, 1.54) is 0 Å². The average molecular weight is 285 g/mol. The van der Waals surface area contributed by atoms with Crippen LogP contribution in [0.2, 0.25) is 0 Å². The maximum Gasteiger partial charge on any atom is 0.252 e. The van der Waals surface area contributed by atoms with Gasteiger partial charge in [-0.05, 0) is 34.0 Å². The molecule has 4 heteroatoms. The Morgan fingerprint density at radius 2 is 2.06 bits per heavy atom. The Morgan fingerprint density at radius 3 is 2.56 bits per heavy atom. The van der Waals surface area contributed by atoms with E-state index in [0.717, 1.165) is 4.47 Å². The molecular weight excluding hydrogens is 268 g/mol. The Morgan fingerprint density at radius 1 is 1.44 bits per heavy atom. The highest BCUT2D eigenvalue weighted by atomic mass is 79.9. The largest absolute Gasteiger partial charge is 0.348 e. The van der Waals surface area contributed by atoms with Crippen LogP contribution in [0.5, 0.6) is 0 Å². The number of benzene rings is 1. The highest BCUT2D eigenvalue weighted by molar-refractivity contribution is 9.10. The van der Waals surface area contributed by atoms with Gasteiger partial charge in [0.1, 0.15) is 0 Å². The Hall–Kier alpha value is -0.870. The molecule has 1 amide bonds. The normalized spacial score (nSPS) is 12.6. The lowest BCUT2D eigenvalue weighted by molar-refractivity contribution is 0.0927. The van der Waals surface area contributed by atoms with E-state index >= 15 is 0 Å². The first-order valence-electron chi connectivity index (χ1n) is 5.31. The summed E-state index contributed by atoms with van der Waals surface area (Å²) in [5.41, 5.74) is 6.25. The summed E-state index contributed by atoms with van der Waals surface area (Å²) in [7, 11) is 0. The van der Waals surface area contributed by atoms with E-state index in [9.17, 15) is 4.79 Å². The summed E-state index contributed by atoms with van der Waals surface area (Å²) in [6.07, 6.45) is 0. The second-order valence-electron chi connectivity index (χ2n) is 4.04. The van der Waals surface area contributed by atoms with Gasteiger partial charge in [-0.15, -0.1) is 0 Å². The zero-order chi connectivity index (χ0) is 12.1. The van der Waals surface area contributed by atoms with Crippen LogP contribution in [0.25, 0.3) is 0 Å². The highest BCUT2D eigenvalue weighted by Gasteiger charge is 2.16. The lowest BCUT2D eigenvalue weighted by Gasteiger charge is -2.20. The van der Waals surface area contributed by atoms with Crippen LogP contribution in [0.3, 0.4) is 0 Å². The summed E-state index contributed by atoms with van der Waals surface area (Å²) in [6.45, 7) is 4.53. The second-order valence-corrected chi connectivity index (χ2v) is 4.89. The van der Waals surface area contributed by atoms with Crippen LogP contribution in [0, 0.1) is 5.92 Å². The van der Waals surface area contributed by atoms with E-state index in [0.29, 0.717) is 18.0 Å². The van der Waals surface area contributed by atoms with Gasteiger partial charge < -0.3 is 11.1 Å². The standard InChI is InChI=1S/C12H17BrN2O/c1-8(2)11(7-14)15-12(16)9-5-3-4-6-10(9)13/h3-6,8,11H,7,14H2,1-2H3,(H,15,16). The minimum atomic E-state index is -0.0865. The minimum Gasteiger partial charge on any atom is -0.348 e. The maximum atomic E-state index is 11.9.